The highest BCUT2D eigenvalue weighted by atomic mass is 19.0. The van der Waals surface area contributed by atoms with Crippen LogP contribution in [0.25, 0.3) is 0 Å². The van der Waals surface area contributed by atoms with Gasteiger partial charge in [-0.15, -0.1) is 0 Å². The Bertz CT molecular complexity index is 26.8. The van der Waals surface area contributed by atoms with Crippen molar-refractivity contribution in [1.29, 1.82) is 0 Å². The highest BCUT2D eigenvalue weighted by Crippen LogP contribution is 1.56. The predicted molar refractivity (Wildman–Crippen MR) is 72.9 cm³/mol. The van der Waals surface area contributed by atoms with Crippen LogP contribution in [0.2, 0.25) is 0 Å². The fraction of sp³-hybridized carbons (Fsp3) is 1.00. The molecule has 0 aliphatic heterocycles. The Kier molecular flexibility index (Phi) is 1670. The molecular weight excluding hydrogens is 209 g/mol. The fourth-order valence-electron chi connectivity index (χ4n) is 0. The van der Waals surface area contributed by atoms with Gasteiger partial charge < -0.3 is 6.15 Å². The molecule has 0 aliphatic carbocycles. The lowest BCUT2D eigenvalue weighted by molar-refractivity contribution is 1.09. The summed E-state index contributed by atoms with van der Waals surface area (Å²) >= 11 is 0. The molecule has 0 aromatic heterocycles. The van der Waals surface area contributed by atoms with Crippen LogP contribution < -0.4 is 6.15 Å². The van der Waals surface area contributed by atoms with E-state index in [-0.39, 0.29) is 33.4 Å². The van der Waals surface area contributed by atoms with Gasteiger partial charge in [-0.1, -0.05) is 60.8 Å². The summed E-state index contributed by atoms with van der Waals surface area (Å²) in [6, 6.07) is 0. The van der Waals surface area contributed by atoms with E-state index in [1.54, 1.807) is 0 Å². The molecule has 0 bridgehead atoms. The van der Waals surface area contributed by atoms with Gasteiger partial charge in [0.25, 0.3) is 0 Å². The van der Waals surface area contributed by atoms with E-state index in [1.165, 1.54) is 19.3 Å². The van der Waals surface area contributed by atoms with Crippen molar-refractivity contribution in [3.05, 3.63) is 0 Å². The first-order chi connectivity index (χ1) is 4.24. The van der Waals surface area contributed by atoms with Crippen molar-refractivity contribution < 1.29 is 18.8 Å². The Balaban J connectivity index is -0.00000000429. The van der Waals surface area contributed by atoms with Crippen molar-refractivity contribution >= 4 is 8.41 Å². The summed E-state index contributed by atoms with van der Waals surface area (Å²) in [5.41, 5.74) is 0. The largest absolute Gasteiger partial charge is 0.344 e. The maximum Gasteiger partial charge on any atom is 0.0814 e. The van der Waals surface area contributed by atoms with Crippen molar-refractivity contribution in [2.75, 3.05) is 0 Å². The molecule has 1 nitrogen and oxygen atoms in total. The van der Waals surface area contributed by atoms with Gasteiger partial charge in [0.1, 0.15) is 0 Å². The molecule has 0 aliphatic rings. The zero-order chi connectivity index (χ0) is 8.12. The zero-order valence-corrected chi connectivity index (χ0v) is 10.5. The van der Waals surface area contributed by atoms with E-state index in [9.17, 15) is 0 Å². The molecule has 0 fully saturated rings. The summed E-state index contributed by atoms with van der Waals surface area (Å²) in [4.78, 5) is 0. The van der Waals surface area contributed by atoms with Crippen LogP contribution >= 0.6 is 0 Å². The summed E-state index contributed by atoms with van der Waals surface area (Å²) < 4.78 is 0. The molecule has 106 valence electrons. The first-order valence-electron chi connectivity index (χ1n) is 4.24. The summed E-state index contributed by atoms with van der Waals surface area (Å²) in [6.07, 6.45) is 3.75. The van der Waals surface area contributed by atoms with E-state index in [1.807, 2.05) is 0 Å². The normalized spacial score (nSPS) is 3.60. The van der Waals surface area contributed by atoms with E-state index in [0.29, 0.717) is 0 Å². The van der Waals surface area contributed by atoms with Crippen molar-refractivity contribution in [2.45, 2.75) is 60.8 Å². The molecule has 0 saturated heterocycles. The van der Waals surface area contributed by atoms with Crippen LogP contribution in [-0.4, -0.2) is 8.41 Å². The van der Waals surface area contributed by atoms with Crippen LogP contribution in [0.5, 0.6) is 0 Å². The van der Waals surface area contributed by atoms with Gasteiger partial charge in [0.15, 0.2) is 0 Å². The summed E-state index contributed by atoms with van der Waals surface area (Å²) in [7, 11) is 0. The first-order valence-corrected chi connectivity index (χ1v) is 4.24. The highest BCUT2D eigenvalue weighted by Gasteiger charge is 1.36. The van der Waals surface area contributed by atoms with E-state index >= 15 is 0 Å². The van der Waals surface area contributed by atoms with Crippen molar-refractivity contribution in [2.24, 2.45) is 0 Å². The van der Waals surface area contributed by atoms with Gasteiger partial charge in [0.05, 0.1) is 8.41 Å². The van der Waals surface area contributed by atoms with Crippen LogP contribution in [0, 0.1) is 0 Å². The molecule has 6 heteroatoms. The van der Waals surface area contributed by atoms with Crippen LogP contribution in [0.1, 0.15) is 60.8 Å². The minimum Gasteiger partial charge on any atom is -0.344 e. The van der Waals surface area contributed by atoms with Gasteiger partial charge in [0, 0.05) is 0 Å². The molecule has 0 spiro atoms. The second kappa shape index (κ2) is 296. The Morgan fingerprint density at radius 1 is 0.467 bits per heavy atom. The average molecular weight is 243 g/mol. The molecule has 0 aromatic carbocycles. The lowest BCUT2D eigenvalue weighted by Crippen LogP contribution is -1.27. The highest BCUT2D eigenvalue weighted by molar-refractivity contribution is 5.75. The molecule has 0 aromatic rings. The molecular formula is C9H34BF4N. The molecule has 0 amide bonds. The van der Waals surface area contributed by atoms with Crippen LogP contribution in [0.3, 0.4) is 0 Å². The fourth-order valence-corrected chi connectivity index (χ4v) is 0. The van der Waals surface area contributed by atoms with Crippen molar-refractivity contribution in [3.63, 3.8) is 0 Å². The zero-order valence-electron chi connectivity index (χ0n) is 10.5. The van der Waals surface area contributed by atoms with Gasteiger partial charge in [-0.05, 0) is 0 Å². The molecule has 0 atom stereocenters. The monoisotopic (exact) mass is 243 g/mol. The SMILES string of the molecule is B.CCC.CCC.CCC.F.F.F.F.N. The third-order valence-electron chi connectivity index (χ3n) is 0. The maximum atomic E-state index is 2.12. The summed E-state index contributed by atoms with van der Waals surface area (Å²) in [6.45, 7) is 12.8. The first kappa shape index (κ1) is 84.4. The summed E-state index contributed by atoms with van der Waals surface area (Å²) in [5.74, 6) is 0. The minimum atomic E-state index is 0. The quantitative estimate of drug-likeness (QED) is 0.509. The average Bonchev–Trinajstić information content (AvgIpc) is 1.70. The number of hydrogen-bond donors (Lipinski definition) is 1. The van der Waals surface area contributed by atoms with Crippen molar-refractivity contribution in [3.8, 4) is 0 Å². The van der Waals surface area contributed by atoms with Crippen LogP contribution in [0.15, 0.2) is 0 Å². The Morgan fingerprint density at radius 2 is 0.467 bits per heavy atom. The van der Waals surface area contributed by atoms with Crippen LogP contribution in [-0.2, 0) is 0 Å². The van der Waals surface area contributed by atoms with Gasteiger partial charge in [-0.3, -0.25) is 18.8 Å². The second-order valence-electron chi connectivity index (χ2n) is 2.12. The molecule has 0 heterocycles. The van der Waals surface area contributed by atoms with E-state index < -0.39 is 0 Å². The smallest absolute Gasteiger partial charge is 0.0814 e. The second-order valence-corrected chi connectivity index (χ2v) is 2.12. The number of rotatable bonds is 0. The van der Waals surface area contributed by atoms with Gasteiger partial charge in [0.2, 0.25) is 0 Å². The lowest BCUT2D eigenvalue weighted by atomic mass is 10.6. The molecule has 0 rings (SSSR count). The standard InChI is InChI=1S/3C3H8.BH3.4FH.H3N/c3*1-3-2;;;;;;/h3*3H2,1-2H3;1H3;4*1H;1H3. The Labute approximate surface area is 95.0 Å². The number of halogens is 4. The van der Waals surface area contributed by atoms with Crippen LogP contribution in [0.4, 0.5) is 18.8 Å². The van der Waals surface area contributed by atoms with E-state index in [0.717, 1.165) is 0 Å². The maximum absolute atomic E-state index is 2.12. The summed E-state index contributed by atoms with van der Waals surface area (Å²) in [5, 5.41) is 0. The van der Waals surface area contributed by atoms with Gasteiger partial charge >= 0.3 is 0 Å². The third kappa shape index (κ3) is 29100. The molecule has 0 saturated carbocycles. The van der Waals surface area contributed by atoms with E-state index in [2.05, 4.69) is 41.5 Å². The van der Waals surface area contributed by atoms with E-state index in [4.69, 9.17) is 0 Å². The third-order valence-corrected chi connectivity index (χ3v) is 0. The van der Waals surface area contributed by atoms with Gasteiger partial charge in [-0.2, -0.15) is 0 Å². The molecule has 0 unspecified atom stereocenters. The van der Waals surface area contributed by atoms with Crippen molar-refractivity contribution in [1.82, 2.24) is 6.15 Å². The Morgan fingerprint density at radius 3 is 0.467 bits per heavy atom. The predicted octanol–water partition coefficient (Wildman–Crippen LogP) is 3.84. The molecule has 15 heavy (non-hydrogen) atoms. The Hall–Kier alpha value is -0.255. The molecule has 0 radical (unpaired) electrons. The lowest BCUT2D eigenvalue weighted by Gasteiger charge is -1.48. The minimum absolute atomic E-state index is 0. The topological polar surface area (TPSA) is 35.0 Å². The number of hydrogen-bond acceptors (Lipinski definition) is 1. The molecule has 3 N–H and O–H groups in total. The van der Waals surface area contributed by atoms with Gasteiger partial charge in [-0.25, -0.2) is 0 Å².